The Kier molecular flexibility index (Phi) is 6.16. The van der Waals surface area contributed by atoms with Gasteiger partial charge in [0.05, 0.1) is 23.1 Å². The molecule has 2 aromatic carbocycles. The number of carbonyl (C=O) groups excluding carboxylic acids is 2. The van der Waals surface area contributed by atoms with Crippen LogP contribution in [0, 0.1) is 6.92 Å². The fraction of sp³-hybridized carbons (Fsp3) is 0.364. The Morgan fingerprint density at radius 3 is 2.39 bits per heavy atom. The maximum absolute atomic E-state index is 13.5. The first kappa shape index (κ1) is 22.0. The lowest BCUT2D eigenvalue weighted by Gasteiger charge is -2.29. The van der Waals surface area contributed by atoms with Crippen LogP contribution in [0.5, 0.6) is 0 Å². The van der Waals surface area contributed by atoms with Gasteiger partial charge in [-0.2, -0.15) is 4.31 Å². The van der Waals surface area contributed by atoms with Crippen LogP contribution < -0.4 is 4.90 Å². The average Bonchev–Trinajstić information content (AvgIpc) is 3.35. The number of hydrogen-bond acceptors (Lipinski definition) is 5. The zero-order valence-corrected chi connectivity index (χ0v) is 18.6. The summed E-state index contributed by atoms with van der Waals surface area (Å²) in [7, 11) is -4.02. The van der Waals surface area contributed by atoms with E-state index in [-0.39, 0.29) is 24.0 Å². The molecule has 2 heterocycles. The number of amides is 2. The second kappa shape index (κ2) is 8.70. The van der Waals surface area contributed by atoms with Crippen LogP contribution in [-0.2, 0) is 24.3 Å². The molecule has 0 saturated carbocycles. The van der Waals surface area contributed by atoms with E-state index in [0.717, 1.165) is 21.2 Å². The molecular weight excluding hydrogens is 440 g/mol. The molecule has 0 N–H and O–H groups in total. The molecule has 2 aromatic rings. The molecule has 2 aliphatic heterocycles. The number of anilines is 1. The molecule has 2 amide bonds. The Balaban J connectivity index is 1.69. The number of carbonyl (C=O) groups is 2. The molecule has 0 aromatic heterocycles. The van der Waals surface area contributed by atoms with Crippen LogP contribution in [0.15, 0.2) is 53.4 Å². The zero-order chi connectivity index (χ0) is 22.2. The standard InChI is InChI=1S/C22H23ClN2O5S/c1-15-4-10-19(11-5-15)31(28,29)24(14-18-3-2-12-30-18)20-13-21(26)25(22(20)27)17-8-6-16(23)7-9-17/h4-11,18,20H,2-3,12-14H2,1H3. The summed E-state index contributed by atoms with van der Waals surface area (Å²) in [4.78, 5) is 27.1. The number of aryl methyl sites for hydroxylation is 1. The van der Waals surface area contributed by atoms with Crippen molar-refractivity contribution in [2.75, 3.05) is 18.1 Å². The molecule has 2 aliphatic rings. The number of halogens is 1. The summed E-state index contributed by atoms with van der Waals surface area (Å²) in [6.45, 7) is 2.44. The number of benzene rings is 2. The smallest absolute Gasteiger partial charge is 0.252 e. The van der Waals surface area contributed by atoms with Crippen molar-refractivity contribution in [3.8, 4) is 0 Å². The van der Waals surface area contributed by atoms with Crippen LogP contribution in [-0.4, -0.2) is 49.8 Å². The van der Waals surface area contributed by atoms with Crippen LogP contribution in [0.25, 0.3) is 0 Å². The Hall–Kier alpha value is -2.26. The van der Waals surface area contributed by atoms with Gasteiger partial charge in [0.1, 0.15) is 6.04 Å². The van der Waals surface area contributed by atoms with Gasteiger partial charge in [0.15, 0.2) is 0 Å². The molecule has 0 bridgehead atoms. The number of sulfonamides is 1. The fourth-order valence-electron chi connectivity index (χ4n) is 3.93. The molecule has 0 spiro atoms. The highest BCUT2D eigenvalue weighted by molar-refractivity contribution is 7.89. The Morgan fingerprint density at radius 2 is 1.77 bits per heavy atom. The Labute approximate surface area is 186 Å². The first-order valence-corrected chi connectivity index (χ1v) is 11.9. The van der Waals surface area contributed by atoms with Crippen LogP contribution in [0.4, 0.5) is 5.69 Å². The van der Waals surface area contributed by atoms with E-state index >= 15 is 0 Å². The number of rotatable bonds is 6. The number of nitrogens with zero attached hydrogens (tertiary/aromatic N) is 2. The number of ether oxygens (including phenoxy) is 1. The van der Waals surface area contributed by atoms with Gasteiger partial charge < -0.3 is 4.74 Å². The monoisotopic (exact) mass is 462 g/mol. The third-order valence-corrected chi connectivity index (χ3v) is 7.73. The molecule has 2 saturated heterocycles. The van der Waals surface area contributed by atoms with E-state index in [1.165, 1.54) is 12.1 Å². The summed E-state index contributed by atoms with van der Waals surface area (Å²) in [5.41, 5.74) is 1.29. The molecule has 0 aliphatic carbocycles. The highest BCUT2D eigenvalue weighted by atomic mass is 35.5. The summed E-state index contributed by atoms with van der Waals surface area (Å²) in [5, 5.41) is 0.473. The normalized spacial score (nSPS) is 22.0. The summed E-state index contributed by atoms with van der Waals surface area (Å²) < 4.78 is 33.9. The van der Waals surface area contributed by atoms with Gasteiger partial charge in [-0.25, -0.2) is 13.3 Å². The van der Waals surface area contributed by atoms with E-state index in [9.17, 15) is 18.0 Å². The van der Waals surface area contributed by atoms with Gasteiger partial charge in [0, 0.05) is 18.2 Å². The Morgan fingerprint density at radius 1 is 1.10 bits per heavy atom. The highest BCUT2D eigenvalue weighted by Crippen LogP contribution is 2.31. The third kappa shape index (κ3) is 4.39. The first-order chi connectivity index (χ1) is 14.8. The van der Waals surface area contributed by atoms with E-state index in [1.807, 2.05) is 6.92 Å². The largest absolute Gasteiger partial charge is 0.377 e. The molecule has 31 heavy (non-hydrogen) atoms. The van der Waals surface area contributed by atoms with Crippen molar-refractivity contribution in [1.82, 2.24) is 4.31 Å². The topological polar surface area (TPSA) is 84.0 Å². The lowest BCUT2D eigenvalue weighted by molar-refractivity contribution is -0.122. The van der Waals surface area contributed by atoms with Gasteiger partial charge in [-0.3, -0.25) is 9.59 Å². The van der Waals surface area contributed by atoms with Crippen LogP contribution in [0.1, 0.15) is 24.8 Å². The maximum atomic E-state index is 13.5. The number of hydrogen-bond donors (Lipinski definition) is 0. The molecule has 7 nitrogen and oxygen atoms in total. The quantitative estimate of drug-likeness (QED) is 0.616. The second-order valence-corrected chi connectivity index (χ2v) is 10.1. The van der Waals surface area contributed by atoms with Gasteiger partial charge in [0.2, 0.25) is 15.9 Å². The van der Waals surface area contributed by atoms with Crippen molar-refractivity contribution in [2.45, 2.75) is 43.2 Å². The van der Waals surface area contributed by atoms with Gasteiger partial charge in [0.25, 0.3) is 5.91 Å². The lowest BCUT2D eigenvalue weighted by atomic mass is 10.2. The molecule has 4 rings (SSSR count). The van der Waals surface area contributed by atoms with E-state index < -0.39 is 27.9 Å². The minimum atomic E-state index is -4.02. The van der Waals surface area contributed by atoms with E-state index in [2.05, 4.69) is 0 Å². The minimum Gasteiger partial charge on any atom is -0.377 e. The summed E-state index contributed by atoms with van der Waals surface area (Å²) in [5.74, 6) is -1.02. The van der Waals surface area contributed by atoms with Gasteiger partial charge in [-0.05, 0) is 56.2 Å². The molecule has 0 radical (unpaired) electrons. The Bertz CT molecular complexity index is 1080. The van der Waals surface area contributed by atoms with Gasteiger partial charge in [-0.1, -0.05) is 29.3 Å². The van der Waals surface area contributed by atoms with Crippen molar-refractivity contribution in [3.05, 3.63) is 59.1 Å². The van der Waals surface area contributed by atoms with Crippen LogP contribution in [0.3, 0.4) is 0 Å². The van der Waals surface area contributed by atoms with Crippen LogP contribution in [0.2, 0.25) is 5.02 Å². The summed E-state index contributed by atoms with van der Waals surface area (Å²) >= 11 is 5.91. The van der Waals surface area contributed by atoms with Gasteiger partial charge >= 0.3 is 0 Å². The van der Waals surface area contributed by atoms with E-state index in [1.54, 1.807) is 36.4 Å². The minimum absolute atomic E-state index is 0.0222. The van der Waals surface area contributed by atoms with E-state index in [0.29, 0.717) is 23.7 Å². The maximum Gasteiger partial charge on any atom is 0.252 e. The first-order valence-electron chi connectivity index (χ1n) is 10.1. The van der Waals surface area contributed by atoms with Crippen molar-refractivity contribution >= 4 is 39.1 Å². The molecule has 9 heteroatoms. The average molecular weight is 463 g/mol. The fourth-order valence-corrected chi connectivity index (χ4v) is 5.67. The van der Waals surface area contributed by atoms with Crippen LogP contribution >= 0.6 is 11.6 Å². The molecule has 2 fully saturated rings. The molecular formula is C22H23ClN2O5S. The van der Waals surface area contributed by atoms with Gasteiger partial charge in [-0.15, -0.1) is 0 Å². The lowest BCUT2D eigenvalue weighted by Crippen LogP contribution is -2.48. The predicted octanol–water partition coefficient (Wildman–Crippen LogP) is 3.15. The molecule has 2 unspecified atom stereocenters. The zero-order valence-electron chi connectivity index (χ0n) is 17.0. The van der Waals surface area contributed by atoms with Crippen molar-refractivity contribution in [3.63, 3.8) is 0 Å². The van der Waals surface area contributed by atoms with Crippen molar-refractivity contribution in [2.24, 2.45) is 0 Å². The summed E-state index contributed by atoms with van der Waals surface area (Å²) in [6.07, 6.45) is 1.000. The molecule has 164 valence electrons. The predicted molar refractivity (Wildman–Crippen MR) is 116 cm³/mol. The number of imide groups is 1. The SMILES string of the molecule is Cc1ccc(S(=O)(=O)N(CC2CCCO2)C2CC(=O)N(c3ccc(Cl)cc3)C2=O)cc1. The van der Waals surface area contributed by atoms with Crippen molar-refractivity contribution in [1.29, 1.82) is 0 Å². The van der Waals surface area contributed by atoms with Crippen molar-refractivity contribution < 1.29 is 22.7 Å². The second-order valence-electron chi connectivity index (χ2n) is 7.79. The summed E-state index contributed by atoms with van der Waals surface area (Å²) in [6, 6.07) is 11.6. The molecule has 2 atom stereocenters. The third-order valence-electron chi connectivity index (χ3n) is 5.59. The highest BCUT2D eigenvalue weighted by Gasteiger charge is 2.47. The van der Waals surface area contributed by atoms with E-state index in [4.69, 9.17) is 16.3 Å².